The minimum absolute atomic E-state index is 0.00537. The van der Waals surface area contributed by atoms with E-state index in [2.05, 4.69) is 4.98 Å². The molecule has 1 atom stereocenters. The van der Waals surface area contributed by atoms with Crippen LogP contribution in [0.15, 0.2) is 12.4 Å². The fourth-order valence-corrected chi connectivity index (χ4v) is 1.46. The van der Waals surface area contributed by atoms with Gasteiger partial charge in [0, 0.05) is 18.8 Å². The molecule has 0 bridgehead atoms. The second-order valence-corrected chi connectivity index (χ2v) is 3.66. The topological polar surface area (TPSA) is 33.1 Å². The predicted octanol–water partition coefficient (Wildman–Crippen LogP) is 2.85. The molecule has 0 aromatic carbocycles. The van der Waals surface area contributed by atoms with Crippen molar-refractivity contribution in [1.29, 1.82) is 0 Å². The Hall–Kier alpha value is -0.520. The average molecular weight is 260 g/mol. The summed E-state index contributed by atoms with van der Waals surface area (Å²) in [5.74, 6) is 0. The maximum absolute atomic E-state index is 12.0. The summed E-state index contributed by atoms with van der Waals surface area (Å²) in [6.07, 6.45) is -5.49. The third-order valence-corrected chi connectivity index (χ3v) is 2.38. The molecule has 0 aliphatic rings. The molecule has 0 fully saturated rings. The zero-order valence-electron chi connectivity index (χ0n) is 7.22. The first-order valence-corrected chi connectivity index (χ1v) is 4.60. The van der Waals surface area contributed by atoms with Crippen LogP contribution in [0.3, 0.4) is 0 Å². The minimum atomic E-state index is -4.68. The molecular weight excluding hydrogens is 254 g/mol. The lowest BCUT2D eigenvalue weighted by molar-refractivity contribution is -0.203. The molecule has 84 valence electrons. The molecule has 0 saturated heterocycles. The Morgan fingerprint density at radius 2 is 1.73 bits per heavy atom. The number of rotatable bonds is 2. The van der Waals surface area contributed by atoms with Gasteiger partial charge in [0.15, 0.2) is 6.10 Å². The lowest BCUT2D eigenvalue weighted by atomic mass is 10.1. The number of aliphatic hydroxyl groups is 1. The van der Waals surface area contributed by atoms with E-state index in [1.54, 1.807) is 0 Å². The van der Waals surface area contributed by atoms with Gasteiger partial charge in [-0.2, -0.15) is 13.2 Å². The van der Waals surface area contributed by atoms with E-state index < -0.39 is 18.7 Å². The van der Waals surface area contributed by atoms with Gasteiger partial charge in [-0.3, -0.25) is 4.98 Å². The van der Waals surface area contributed by atoms with Gasteiger partial charge in [-0.25, -0.2) is 0 Å². The van der Waals surface area contributed by atoms with E-state index in [9.17, 15) is 13.2 Å². The van der Waals surface area contributed by atoms with Crippen molar-refractivity contribution < 1.29 is 18.3 Å². The van der Waals surface area contributed by atoms with Crippen molar-refractivity contribution in [2.45, 2.75) is 18.7 Å². The van der Waals surface area contributed by atoms with E-state index in [1.807, 2.05) is 0 Å². The summed E-state index contributed by atoms with van der Waals surface area (Å²) in [6, 6.07) is 0. The van der Waals surface area contributed by atoms with Gasteiger partial charge in [-0.15, -0.1) is 0 Å². The third-order valence-electron chi connectivity index (χ3n) is 1.73. The van der Waals surface area contributed by atoms with Gasteiger partial charge >= 0.3 is 6.18 Å². The smallest absolute Gasteiger partial charge is 0.383 e. The van der Waals surface area contributed by atoms with Gasteiger partial charge in [-0.05, 0) is 5.56 Å². The van der Waals surface area contributed by atoms with Gasteiger partial charge in [0.1, 0.15) is 0 Å². The second-order valence-electron chi connectivity index (χ2n) is 2.84. The molecule has 1 aromatic heterocycles. The Morgan fingerprint density at radius 1 is 1.27 bits per heavy atom. The highest BCUT2D eigenvalue weighted by molar-refractivity contribution is 6.35. The standard InChI is InChI=1S/C8H6Cl2F3NO/c9-5-2-14-3-6(10)4(5)1-7(15)8(11,12)13/h2-3,7,15H,1H2. The monoisotopic (exact) mass is 259 g/mol. The van der Waals surface area contributed by atoms with Crippen molar-refractivity contribution in [1.82, 2.24) is 4.98 Å². The summed E-state index contributed by atoms with van der Waals surface area (Å²) in [5.41, 5.74) is 0.0400. The summed E-state index contributed by atoms with van der Waals surface area (Å²) in [7, 11) is 0. The molecule has 15 heavy (non-hydrogen) atoms. The number of halogens is 5. The van der Waals surface area contributed by atoms with Crippen molar-refractivity contribution in [3.8, 4) is 0 Å². The number of hydrogen-bond acceptors (Lipinski definition) is 2. The Labute approximate surface area is 93.6 Å². The number of hydrogen-bond donors (Lipinski definition) is 1. The van der Waals surface area contributed by atoms with Crippen LogP contribution in [0, 0.1) is 0 Å². The molecule has 1 aromatic rings. The zero-order valence-corrected chi connectivity index (χ0v) is 8.74. The SMILES string of the molecule is OC(Cc1c(Cl)cncc1Cl)C(F)(F)F. The fourth-order valence-electron chi connectivity index (χ4n) is 0.942. The van der Waals surface area contributed by atoms with Gasteiger partial charge in [0.05, 0.1) is 10.0 Å². The number of alkyl halides is 3. The molecule has 0 amide bonds. The fraction of sp³-hybridized carbons (Fsp3) is 0.375. The zero-order chi connectivity index (χ0) is 11.6. The van der Waals surface area contributed by atoms with Crippen molar-refractivity contribution in [2.24, 2.45) is 0 Å². The Morgan fingerprint density at radius 3 is 2.13 bits per heavy atom. The van der Waals surface area contributed by atoms with Crippen LogP contribution in [0.25, 0.3) is 0 Å². The Balaban J connectivity index is 2.90. The normalized spacial score (nSPS) is 14.0. The third kappa shape index (κ3) is 3.22. The summed E-state index contributed by atoms with van der Waals surface area (Å²) in [5, 5.41) is 8.84. The van der Waals surface area contributed by atoms with Crippen LogP contribution in [0.2, 0.25) is 10.0 Å². The quantitative estimate of drug-likeness (QED) is 0.886. The molecule has 7 heteroatoms. The number of nitrogens with zero attached hydrogens (tertiary/aromatic N) is 1. The molecule has 1 unspecified atom stereocenters. The molecule has 1 rings (SSSR count). The van der Waals surface area contributed by atoms with Gasteiger partial charge in [0.2, 0.25) is 0 Å². The first-order chi connectivity index (χ1) is 6.82. The first-order valence-electron chi connectivity index (χ1n) is 3.85. The molecule has 2 nitrogen and oxygen atoms in total. The lowest BCUT2D eigenvalue weighted by Crippen LogP contribution is -2.30. The number of aromatic nitrogens is 1. The van der Waals surface area contributed by atoms with Crippen LogP contribution in [0.4, 0.5) is 13.2 Å². The average Bonchev–Trinajstić information content (AvgIpc) is 2.09. The van der Waals surface area contributed by atoms with E-state index in [0.717, 1.165) is 0 Å². The molecule has 0 radical (unpaired) electrons. The van der Waals surface area contributed by atoms with Crippen molar-refractivity contribution in [2.75, 3.05) is 0 Å². The molecule has 0 saturated carbocycles. The van der Waals surface area contributed by atoms with E-state index in [0.29, 0.717) is 0 Å². The van der Waals surface area contributed by atoms with Crippen molar-refractivity contribution in [3.63, 3.8) is 0 Å². The molecule has 0 aliphatic carbocycles. The van der Waals surface area contributed by atoms with Crippen LogP contribution in [-0.4, -0.2) is 22.4 Å². The van der Waals surface area contributed by atoms with Crippen LogP contribution < -0.4 is 0 Å². The predicted molar refractivity (Wildman–Crippen MR) is 50.0 cm³/mol. The summed E-state index contributed by atoms with van der Waals surface area (Å²) in [4.78, 5) is 3.59. The van der Waals surface area contributed by atoms with Crippen molar-refractivity contribution >= 4 is 23.2 Å². The molecule has 0 aliphatic heterocycles. The van der Waals surface area contributed by atoms with E-state index in [4.69, 9.17) is 28.3 Å². The second kappa shape index (κ2) is 4.55. The molecule has 1 N–H and O–H groups in total. The van der Waals surface area contributed by atoms with Crippen LogP contribution in [-0.2, 0) is 6.42 Å². The lowest BCUT2D eigenvalue weighted by Gasteiger charge is -2.15. The Kier molecular flexibility index (Phi) is 3.81. The summed E-state index contributed by atoms with van der Waals surface area (Å²) in [6.45, 7) is 0. The highest BCUT2D eigenvalue weighted by atomic mass is 35.5. The minimum Gasteiger partial charge on any atom is -0.383 e. The molecule has 1 heterocycles. The van der Waals surface area contributed by atoms with Crippen LogP contribution in [0.1, 0.15) is 5.56 Å². The maximum atomic E-state index is 12.0. The van der Waals surface area contributed by atoms with Crippen LogP contribution >= 0.6 is 23.2 Å². The highest BCUT2D eigenvalue weighted by Crippen LogP contribution is 2.29. The summed E-state index contributed by atoms with van der Waals surface area (Å²) < 4.78 is 36.1. The van der Waals surface area contributed by atoms with Gasteiger partial charge < -0.3 is 5.11 Å². The molecule has 0 spiro atoms. The van der Waals surface area contributed by atoms with E-state index in [1.165, 1.54) is 12.4 Å². The number of pyridine rings is 1. The molecular formula is C8H6Cl2F3NO. The highest BCUT2D eigenvalue weighted by Gasteiger charge is 2.38. The first kappa shape index (κ1) is 12.5. The summed E-state index contributed by atoms with van der Waals surface area (Å²) >= 11 is 11.2. The van der Waals surface area contributed by atoms with Crippen molar-refractivity contribution in [3.05, 3.63) is 28.0 Å². The number of aliphatic hydroxyl groups excluding tert-OH is 1. The van der Waals surface area contributed by atoms with Crippen LogP contribution in [0.5, 0.6) is 0 Å². The maximum Gasteiger partial charge on any atom is 0.414 e. The van der Waals surface area contributed by atoms with E-state index in [-0.39, 0.29) is 15.6 Å². The van der Waals surface area contributed by atoms with E-state index >= 15 is 0 Å². The van der Waals surface area contributed by atoms with Gasteiger partial charge in [0.25, 0.3) is 0 Å². The Bertz CT molecular complexity index is 336. The largest absolute Gasteiger partial charge is 0.414 e. The van der Waals surface area contributed by atoms with Gasteiger partial charge in [-0.1, -0.05) is 23.2 Å².